The molecule has 0 saturated carbocycles. The Hall–Kier alpha value is -2.54. The quantitative estimate of drug-likeness (QED) is 0.589. The fourth-order valence-electron chi connectivity index (χ4n) is 2.25. The van der Waals surface area contributed by atoms with Gasteiger partial charge in [0.2, 0.25) is 0 Å². The van der Waals surface area contributed by atoms with Gasteiger partial charge in [-0.25, -0.2) is 14.8 Å². The van der Waals surface area contributed by atoms with Crippen LogP contribution in [0.15, 0.2) is 18.5 Å². The monoisotopic (exact) mass is 328 g/mol. The SMILES string of the molecule is Cc1cc(C)c(C)c(OC(=O)c2sc(-c3ncn[nH]3)nc2C)c1. The number of nitrogens with one attached hydrogen (secondary N) is 1. The minimum absolute atomic E-state index is 0.404. The molecule has 1 N–H and O–H groups in total. The Morgan fingerprint density at radius 3 is 2.70 bits per heavy atom. The number of ether oxygens (including phenoxy) is 1. The first-order chi connectivity index (χ1) is 11.0. The van der Waals surface area contributed by atoms with Gasteiger partial charge in [0.05, 0.1) is 5.69 Å². The number of H-pyrrole nitrogens is 1. The van der Waals surface area contributed by atoms with Crippen molar-refractivity contribution in [3.63, 3.8) is 0 Å². The summed E-state index contributed by atoms with van der Waals surface area (Å²) in [6.07, 6.45) is 1.41. The number of nitrogens with zero attached hydrogens (tertiary/aromatic N) is 3. The molecule has 2 aromatic heterocycles. The van der Waals surface area contributed by atoms with Crippen molar-refractivity contribution >= 4 is 17.3 Å². The third-order valence-electron chi connectivity index (χ3n) is 3.57. The van der Waals surface area contributed by atoms with Gasteiger partial charge in [-0.2, -0.15) is 5.10 Å². The van der Waals surface area contributed by atoms with Crippen molar-refractivity contribution in [2.75, 3.05) is 0 Å². The number of benzene rings is 1. The Kier molecular flexibility index (Phi) is 3.96. The number of thiazole rings is 1. The van der Waals surface area contributed by atoms with Gasteiger partial charge in [-0.15, -0.1) is 11.3 Å². The van der Waals surface area contributed by atoms with Crippen LogP contribution in [0.2, 0.25) is 0 Å². The molecule has 0 saturated heterocycles. The van der Waals surface area contributed by atoms with Gasteiger partial charge in [-0.1, -0.05) is 6.07 Å². The van der Waals surface area contributed by atoms with Crippen molar-refractivity contribution in [1.82, 2.24) is 20.2 Å². The van der Waals surface area contributed by atoms with Crippen molar-refractivity contribution in [1.29, 1.82) is 0 Å². The first-order valence-corrected chi connectivity index (χ1v) is 7.90. The number of esters is 1. The highest BCUT2D eigenvalue weighted by molar-refractivity contribution is 7.17. The van der Waals surface area contributed by atoms with Gasteiger partial charge in [0.15, 0.2) is 10.8 Å². The van der Waals surface area contributed by atoms with Crippen LogP contribution < -0.4 is 4.74 Å². The van der Waals surface area contributed by atoms with Crippen molar-refractivity contribution in [2.24, 2.45) is 0 Å². The summed E-state index contributed by atoms with van der Waals surface area (Å²) in [6, 6.07) is 3.93. The Balaban J connectivity index is 1.90. The first-order valence-electron chi connectivity index (χ1n) is 7.09. The van der Waals surface area contributed by atoms with E-state index < -0.39 is 5.97 Å². The molecule has 0 fully saturated rings. The number of rotatable bonds is 3. The summed E-state index contributed by atoms with van der Waals surface area (Å²) in [4.78, 5) is 21.4. The Labute approximate surface area is 137 Å². The molecule has 0 atom stereocenters. The van der Waals surface area contributed by atoms with Gasteiger partial charge in [0.25, 0.3) is 0 Å². The number of carbonyl (C=O) groups is 1. The molecule has 23 heavy (non-hydrogen) atoms. The van der Waals surface area contributed by atoms with Crippen LogP contribution >= 0.6 is 11.3 Å². The summed E-state index contributed by atoms with van der Waals surface area (Å²) in [5.41, 5.74) is 3.73. The highest BCUT2D eigenvalue weighted by atomic mass is 32.1. The molecule has 0 aliphatic rings. The predicted molar refractivity (Wildman–Crippen MR) is 87.8 cm³/mol. The van der Waals surface area contributed by atoms with Crippen LogP contribution in [0.1, 0.15) is 32.1 Å². The lowest BCUT2D eigenvalue weighted by Crippen LogP contribution is -2.09. The van der Waals surface area contributed by atoms with E-state index in [1.165, 1.54) is 17.7 Å². The number of hydrogen-bond acceptors (Lipinski definition) is 6. The van der Waals surface area contributed by atoms with E-state index in [0.29, 0.717) is 27.2 Å². The molecule has 1 aromatic carbocycles. The minimum atomic E-state index is -0.404. The number of aromatic amines is 1. The van der Waals surface area contributed by atoms with E-state index in [0.717, 1.165) is 16.7 Å². The second kappa shape index (κ2) is 5.92. The van der Waals surface area contributed by atoms with Crippen LogP contribution in [0.3, 0.4) is 0 Å². The van der Waals surface area contributed by atoms with E-state index in [-0.39, 0.29) is 0 Å². The zero-order valence-corrected chi connectivity index (χ0v) is 14.1. The smallest absolute Gasteiger partial charge is 0.355 e. The average molecular weight is 328 g/mol. The zero-order chi connectivity index (χ0) is 16.6. The minimum Gasteiger partial charge on any atom is -0.422 e. The average Bonchev–Trinajstić information content (AvgIpc) is 3.13. The van der Waals surface area contributed by atoms with Crippen LogP contribution in [0.5, 0.6) is 5.75 Å². The van der Waals surface area contributed by atoms with E-state index in [9.17, 15) is 4.79 Å². The van der Waals surface area contributed by atoms with E-state index in [1.54, 1.807) is 6.92 Å². The van der Waals surface area contributed by atoms with Gasteiger partial charge >= 0.3 is 5.97 Å². The first kappa shape index (κ1) is 15.4. The van der Waals surface area contributed by atoms with E-state index in [1.807, 2.05) is 26.8 Å². The highest BCUT2D eigenvalue weighted by Gasteiger charge is 2.20. The number of aryl methyl sites for hydroxylation is 3. The zero-order valence-electron chi connectivity index (χ0n) is 13.3. The highest BCUT2D eigenvalue weighted by Crippen LogP contribution is 2.28. The van der Waals surface area contributed by atoms with Crippen LogP contribution in [-0.4, -0.2) is 26.1 Å². The van der Waals surface area contributed by atoms with Crippen LogP contribution in [0.25, 0.3) is 10.8 Å². The maximum absolute atomic E-state index is 12.5. The lowest BCUT2D eigenvalue weighted by Gasteiger charge is -2.10. The Morgan fingerprint density at radius 2 is 2.00 bits per heavy atom. The van der Waals surface area contributed by atoms with E-state index in [4.69, 9.17) is 4.74 Å². The maximum Gasteiger partial charge on any atom is 0.355 e. The van der Waals surface area contributed by atoms with E-state index >= 15 is 0 Å². The van der Waals surface area contributed by atoms with Crippen molar-refractivity contribution < 1.29 is 9.53 Å². The molecule has 6 nitrogen and oxygen atoms in total. The molecular weight excluding hydrogens is 312 g/mol. The van der Waals surface area contributed by atoms with Gasteiger partial charge in [-0.3, -0.25) is 5.10 Å². The molecule has 7 heteroatoms. The molecular formula is C16H16N4O2S. The van der Waals surface area contributed by atoms with Gasteiger partial charge in [0.1, 0.15) is 17.0 Å². The summed E-state index contributed by atoms with van der Waals surface area (Å²) in [5.74, 6) is 0.722. The fraction of sp³-hybridized carbons (Fsp3) is 0.250. The largest absolute Gasteiger partial charge is 0.422 e. The van der Waals surface area contributed by atoms with Crippen molar-refractivity contribution in [3.8, 4) is 16.6 Å². The van der Waals surface area contributed by atoms with Gasteiger partial charge in [0, 0.05) is 0 Å². The Morgan fingerprint density at radius 1 is 1.22 bits per heavy atom. The molecule has 0 aliphatic heterocycles. The molecule has 0 aliphatic carbocycles. The summed E-state index contributed by atoms with van der Waals surface area (Å²) in [5, 5.41) is 7.15. The summed E-state index contributed by atoms with van der Waals surface area (Å²) >= 11 is 1.24. The molecule has 0 spiro atoms. The normalized spacial score (nSPS) is 10.8. The number of hydrogen-bond donors (Lipinski definition) is 1. The summed E-state index contributed by atoms with van der Waals surface area (Å²) in [7, 11) is 0. The standard InChI is InChI=1S/C16H16N4O2S/c1-8-5-9(2)10(3)12(6-8)22-16(21)13-11(4)19-15(23-13)14-17-7-18-20-14/h5-7H,1-4H3,(H,17,18,20). The molecule has 0 radical (unpaired) electrons. The maximum atomic E-state index is 12.5. The van der Waals surface area contributed by atoms with Crippen LogP contribution in [-0.2, 0) is 0 Å². The molecule has 2 heterocycles. The van der Waals surface area contributed by atoms with E-state index in [2.05, 4.69) is 26.2 Å². The second-order valence-electron chi connectivity index (χ2n) is 5.36. The third kappa shape index (κ3) is 3.00. The molecule has 0 unspecified atom stereocenters. The summed E-state index contributed by atoms with van der Waals surface area (Å²) < 4.78 is 5.59. The lowest BCUT2D eigenvalue weighted by molar-refractivity contribution is 0.0737. The molecule has 0 amide bonds. The third-order valence-corrected chi connectivity index (χ3v) is 4.71. The predicted octanol–water partition coefficient (Wildman–Crippen LogP) is 3.38. The van der Waals surface area contributed by atoms with Gasteiger partial charge < -0.3 is 4.74 Å². The second-order valence-corrected chi connectivity index (χ2v) is 6.36. The van der Waals surface area contributed by atoms with Crippen LogP contribution in [0, 0.1) is 27.7 Å². The van der Waals surface area contributed by atoms with Crippen molar-refractivity contribution in [3.05, 3.63) is 45.7 Å². The molecule has 3 aromatic rings. The number of carbonyl (C=O) groups excluding carboxylic acids is 1. The van der Waals surface area contributed by atoms with Crippen LogP contribution in [0.4, 0.5) is 0 Å². The molecule has 3 rings (SSSR count). The topological polar surface area (TPSA) is 80.8 Å². The molecule has 0 bridgehead atoms. The molecule has 118 valence electrons. The Bertz CT molecular complexity index is 869. The lowest BCUT2D eigenvalue weighted by atomic mass is 10.1. The fourth-order valence-corrected chi connectivity index (χ4v) is 3.14. The number of aromatic nitrogens is 4. The van der Waals surface area contributed by atoms with Gasteiger partial charge in [-0.05, 0) is 50.5 Å². The van der Waals surface area contributed by atoms with Crippen molar-refractivity contribution in [2.45, 2.75) is 27.7 Å². The summed E-state index contributed by atoms with van der Waals surface area (Å²) in [6.45, 7) is 7.70.